The predicted octanol–water partition coefficient (Wildman–Crippen LogP) is 2.90. The first-order valence-electron chi connectivity index (χ1n) is 11.1. The zero-order valence-corrected chi connectivity index (χ0v) is 19.2. The van der Waals surface area contributed by atoms with E-state index in [9.17, 15) is 27.6 Å². The Hall–Kier alpha value is -2.78. The second-order valence-electron chi connectivity index (χ2n) is 8.04. The number of rotatable bonds is 11. The van der Waals surface area contributed by atoms with Crippen LogP contribution in [0.1, 0.15) is 57.2 Å². The van der Waals surface area contributed by atoms with E-state index in [2.05, 4.69) is 12.8 Å². The van der Waals surface area contributed by atoms with Crippen LogP contribution in [0.3, 0.4) is 0 Å². The lowest BCUT2D eigenvalue weighted by Crippen LogP contribution is -2.37. The molecule has 1 amide bonds. The zero-order valence-electron chi connectivity index (χ0n) is 19.2. The number of nitrogens with one attached hydrogen (secondary N) is 1. The molecule has 0 unspecified atom stereocenters. The molecule has 1 N–H and O–H groups in total. The summed E-state index contributed by atoms with van der Waals surface area (Å²) < 4.78 is 56.5. The van der Waals surface area contributed by atoms with Gasteiger partial charge in [-0.2, -0.15) is 13.2 Å². The molecule has 1 aliphatic rings. The van der Waals surface area contributed by atoms with Crippen LogP contribution in [0.15, 0.2) is 15.8 Å². The molecule has 3 atom stereocenters. The van der Waals surface area contributed by atoms with Gasteiger partial charge in [0.05, 0.1) is 6.10 Å². The number of carbonyl (C=O) groups excluding carboxylic acids is 1. The van der Waals surface area contributed by atoms with Crippen LogP contribution in [0.4, 0.5) is 18.0 Å². The predicted molar refractivity (Wildman–Crippen MR) is 116 cm³/mol. The molecule has 0 radical (unpaired) electrons. The highest BCUT2D eigenvalue weighted by molar-refractivity contribution is 5.67. The van der Waals surface area contributed by atoms with E-state index in [0.717, 1.165) is 32.1 Å². The highest BCUT2D eigenvalue weighted by Gasteiger charge is 2.40. The highest BCUT2D eigenvalue weighted by atomic mass is 19.4. The van der Waals surface area contributed by atoms with Gasteiger partial charge in [0.1, 0.15) is 31.1 Å². The maximum atomic E-state index is 13.1. The van der Waals surface area contributed by atoms with Crippen molar-refractivity contribution in [2.24, 2.45) is 0 Å². The summed E-state index contributed by atoms with van der Waals surface area (Å²) in [4.78, 5) is 39.1. The minimum Gasteiger partial charge on any atom is -0.447 e. The Morgan fingerprint density at radius 3 is 2.68 bits per heavy atom. The van der Waals surface area contributed by atoms with E-state index in [1.165, 1.54) is 4.90 Å². The number of aromatic amines is 1. The smallest absolute Gasteiger partial charge is 0.423 e. The number of terminal acetylenes is 1. The Bertz CT molecular complexity index is 968. The molecule has 1 fully saturated rings. The van der Waals surface area contributed by atoms with Crippen molar-refractivity contribution in [1.29, 1.82) is 0 Å². The monoisotopic (exact) mass is 489 g/mol. The molecule has 1 saturated heterocycles. The van der Waals surface area contributed by atoms with Crippen LogP contribution >= 0.6 is 0 Å². The van der Waals surface area contributed by atoms with Gasteiger partial charge in [-0.05, 0) is 6.42 Å². The van der Waals surface area contributed by atoms with Crippen molar-refractivity contribution in [2.75, 3.05) is 26.8 Å². The van der Waals surface area contributed by atoms with E-state index in [0.29, 0.717) is 17.3 Å². The number of hydrogen-bond donors (Lipinski definition) is 1. The summed E-state index contributed by atoms with van der Waals surface area (Å²) in [6.07, 6.45) is 2.39. The van der Waals surface area contributed by atoms with Gasteiger partial charge in [-0.1, -0.05) is 38.5 Å². The van der Waals surface area contributed by atoms with Crippen LogP contribution in [-0.2, 0) is 20.4 Å². The standard InChI is InChI=1S/C22H30F3N3O6/c1-4-6-7-8-9-10-27(3)21(31)33-14-17-16(32-11-5-2)12-18(34-17)28-13-15(22(23,24)25)19(29)26-20(28)30/h2,13,16-18H,4,6-12,14H2,1,3H3,(H,26,29,30)/t16-,17+,18+/m0/s1. The average molecular weight is 489 g/mol. The first-order valence-corrected chi connectivity index (χ1v) is 11.1. The number of ether oxygens (including phenoxy) is 3. The average Bonchev–Trinajstić information content (AvgIpc) is 3.17. The van der Waals surface area contributed by atoms with Crippen LogP contribution in [0, 0.1) is 12.3 Å². The number of unbranched alkanes of at least 4 members (excludes halogenated alkanes) is 4. The molecule has 0 spiro atoms. The van der Waals surface area contributed by atoms with Crippen molar-refractivity contribution in [2.45, 2.75) is 70.1 Å². The third-order valence-electron chi connectivity index (χ3n) is 5.42. The van der Waals surface area contributed by atoms with Crippen LogP contribution in [0.25, 0.3) is 0 Å². The minimum atomic E-state index is -4.96. The third-order valence-corrected chi connectivity index (χ3v) is 5.42. The molecule has 9 nitrogen and oxygen atoms in total. The van der Waals surface area contributed by atoms with Crippen molar-refractivity contribution < 1.29 is 32.2 Å². The highest BCUT2D eigenvalue weighted by Crippen LogP contribution is 2.32. The Morgan fingerprint density at radius 1 is 1.32 bits per heavy atom. The number of hydrogen-bond acceptors (Lipinski definition) is 6. The molecule has 1 aliphatic heterocycles. The van der Waals surface area contributed by atoms with Gasteiger partial charge in [0.15, 0.2) is 0 Å². The summed E-state index contributed by atoms with van der Waals surface area (Å²) in [5, 5.41) is 0. The number of nitrogens with zero attached hydrogens (tertiary/aromatic N) is 2. The lowest BCUT2D eigenvalue weighted by atomic mass is 10.1. The van der Waals surface area contributed by atoms with Crippen molar-refractivity contribution in [1.82, 2.24) is 14.5 Å². The Balaban J connectivity index is 2.05. The van der Waals surface area contributed by atoms with Crippen LogP contribution in [-0.4, -0.2) is 59.6 Å². The molecule has 34 heavy (non-hydrogen) atoms. The van der Waals surface area contributed by atoms with E-state index < -0.39 is 47.5 Å². The fourth-order valence-corrected chi connectivity index (χ4v) is 3.56. The molecule has 0 aliphatic carbocycles. The molecular weight excluding hydrogens is 459 g/mol. The van der Waals surface area contributed by atoms with Crippen molar-refractivity contribution in [3.63, 3.8) is 0 Å². The van der Waals surface area contributed by atoms with Gasteiger partial charge in [0.25, 0.3) is 5.56 Å². The number of alkyl halides is 3. The summed E-state index contributed by atoms with van der Waals surface area (Å²) in [7, 11) is 1.60. The second-order valence-corrected chi connectivity index (χ2v) is 8.04. The van der Waals surface area contributed by atoms with E-state index in [4.69, 9.17) is 20.6 Å². The zero-order chi connectivity index (χ0) is 25.3. The quantitative estimate of drug-likeness (QED) is 0.379. The first kappa shape index (κ1) is 27.5. The number of H-pyrrole nitrogens is 1. The lowest BCUT2D eigenvalue weighted by molar-refractivity contribution is -0.139. The molecular formula is C22H30F3N3O6. The van der Waals surface area contributed by atoms with Crippen molar-refractivity contribution in [3.8, 4) is 12.3 Å². The van der Waals surface area contributed by atoms with Gasteiger partial charge in [-0.15, -0.1) is 6.42 Å². The van der Waals surface area contributed by atoms with Gasteiger partial charge in [-0.3, -0.25) is 14.3 Å². The topological polar surface area (TPSA) is 103 Å². The first-order chi connectivity index (χ1) is 16.1. The third kappa shape index (κ3) is 7.63. The molecule has 0 aromatic carbocycles. The summed E-state index contributed by atoms with van der Waals surface area (Å²) in [5.41, 5.74) is -4.15. The Labute approximate surface area is 195 Å². The molecule has 0 saturated carbocycles. The lowest BCUT2D eigenvalue weighted by Gasteiger charge is -2.21. The van der Waals surface area contributed by atoms with Gasteiger partial charge in [0.2, 0.25) is 0 Å². The maximum absolute atomic E-state index is 13.1. The van der Waals surface area contributed by atoms with E-state index >= 15 is 0 Å². The van der Waals surface area contributed by atoms with E-state index in [1.54, 1.807) is 12.0 Å². The Kier molecular flexibility index (Phi) is 10.2. The van der Waals surface area contributed by atoms with Crippen LogP contribution in [0.5, 0.6) is 0 Å². The fraction of sp³-hybridized carbons (Fsp3) is 0.682. The molecule has 1 aromatic rings. The number of halogens is 3. The second kappa shape index (κ2) is 12.6. The van der Waals surface area contributed by atoms with Gasteiger partial charge < -0.3 is 19.1 Å². The summed E-state index contributed by atoms with van der Waals surface area (Å²) in [6, 6.07) is 0. The van der Waals surface area contributed by atoms with Crippen LogP contribution < -0.4 is 11.2 Å². The SMILES string of the molecule is C#CCO[C@H]1C[C@H](n2cc(C(F)(F)F)c(=O)[nH]c2=O)O[C@@H]1COC(=O)N(C)CCCCCCC. The number of aromatic nitrogens is 2. The van der Waals surface area contributed by atoms with E-state index in [1.807, 2.05) is 0 Å². The molecule has 2 heterocycles. The minimum absolute atomic E-state index is 0.0413. The molecule has 0 bridgehead atoms. The van der Waals surface area contributed by atoms with Crippen LogP contribution in [0.2, 0.25) is 0 Å². The van der Waals surface area contributed by atoms with Gasteiger partial charge in [0, 0.05) is 26.2 Å². The van der Waals surface area contributed by atoms with Crippen molar-refractivity contribution >= 4 is 6.09 Å². The molecule has 190 valence electrons. The number of carbonyl (C=O) groups is 1. The van der Waals surface area contributed by atoms with Crippen molar-refractivity contribution in [3.05, 3.63) is 32.6 Å². The summed E-state index contributed by atoms with van der Waals surface area (Å²) >= 11 is 0. The summed E-state index contributed by atoms with van der Waals surface area (Å²) in [6.45, 7) is 2.26. The largest absolute Gasteiger partial charge is 0.447 e. The fourth-order valence-electron chi connectivity index (χ4n) is 3.56. The molecule has 12 heteroatoms. The number of amides is 1. The summed E-state index contributed by atoms with van der Waals surface area (Å²) in [5.74, 6) is 2.28. The molecule has 2 rings (SSSR count). The van der Waals surface area contributed by atoms with Gasteiger partial charge >= 0.3 is 18.0 Å². The van der Waals surface area contributed by atoms with E-state index in [-0.39, 0.29) is 19.6 Å². The maximum Gasteiger partial charge on any atom is 0.423 e. The van der Waals surface area contributed by atoms with Gasteiger partial charge in [-0.25, -0.2) is 9.59 Å². The Morgan fingerprint density at radius 2 is 2.03 bits per heavy atom. The molecule has 1 aromatic heterocycles. The normalized spacial score (nSPS) is 20.2.